The predicted octanol–water partition coefficient (Wildman–Crippen LogP) is 0.886. The highest BCUT2D eigenvalue weighted by Gasteiger charge is 2.40. The average Bonchev–Trinajstić information content (AvgIpc) is 2.53. The molecule has 0 saturated carbocycles. The number of hydrogen-bond donors (Lipinski definition) is 3. The quantitative estimate of drug-likeness (QED) is 0.758. The Bertz CT molecular complexity index is 561. The van der Waals surface area contributed by atoms with Gasteiger partial charge in [-0.3, -0.25) is 14.9 Å². The molecule has 0 atom stereocenters. The number of aromatic carboxylic acids is 1. The van der Waals surface area contributed by atoms with Crippen molar-refractivity contribution in [2.24, 2.45) is 5.73 Å². The number of anilines is 1. The summed E-state index contributed by atoms with van der Waals surface area (Å²) in [6.45, 7) is 1.10. The zero-order chi connectivity index (χ0) is 15.0. The van der Waals surface area contributed by atoms with E-state index in [0.29, 0.717) is 0 Å². The maximum Gasteiger partial charge on any atom is 0.471 e. The first kappa shape index (κ1) is 14.5. The Hall–Kier alpha value is -2.52. The number of carboxylic acid groups (broad SMARTS) is 1. The summed E-state index contributed by atoms with van der Waals surface area (Å²) in [4.78, 5) is 32.6. The largest absolute Gasteiger partial charge is 0.478 e. The summed E-state index contributed by atoms with van der Waals surface area (Å²) in [5.41, 5.74) is 3.32. The van der Waals surface area contributed by atoms with Gasteiger partial charge < -0.3 is 15.3 Å². The molecule has 1 rings (SSSR count). The van der Waals surface area contributed by atoms with Crippen molar-refractivity contribution < 1.29 is 37.1 Å². The molecule has 0 aliphatic rings. The van der Waals surface area contributed by atoms with E-state index in [-0.39, 0.29) is 5.76 Å². The fourth-order valence-electron chi connectivity index (χ4n) is 1.30. The van der Waals surface area contributed by atoms with Crippen molar-refractivity contribution in [2.75, 3.05) is 5.32 Å². The third kappa shape index (κ3) is 2.84. The monoisotopic (exact) mass is 280 g/mol. The van der Waals surface area contributed by atoms with Crippen LogP contribution in [0.25, 0.3) is 0 Å². The van der Waals surface area contributed by atoms with Crippen LogP contribution in [0.3, 0.4) is 0 Å². The van der Waals surface area contributed by atoms with Crippen LogP contribution in [-0.4, -0.2) is 29.1 Å². The molecule has 0 aliphatic carbocycles. The summed E-state index contributed by atoms with van der Waals surface area (Å²) < 4.78 is 40.8. The normalized spacial score (nSPS) is 11.2. The van der Waals surface area contributed by atoms with Crippen LogP contribution >= 0.6 is 0 Å². The van der Waals surface area contributed by atoms with E-state index in [2.05, 4.69) is 4.42 Å². The summed E-state index contributed by atoms with van der Waals surface area (Å²) in [6, 6.07) is 0. The van der Waals surface area contributed by atoms with Gasteiger partial charge in [0.05, 0.1) is 0 Å². The molecule has 19 heavy (non-hydrogen) atoms. The number of carbonyl (C=O) groups is 3. The van der Waals surface area contributed by atoms with E-state index >= 15 is 0 Å². The molecule has 0 radical (unpaired) electrons. The fraction of sp³-hybridized carbons (Fsp3) is 0.222. The lowest BCUT2D eigenvalue weighted by molar-refractivity contribution is -0.167. The molecule has 0 aromatic carbocycles. The number of primary amides is 1. The zero-order valence-electron chi connectivity index (χ0n) is 9.29. The molecule has 10 heteroatoms. The molecule has 0 bridgehead atoms. The number of amides is 2. The van der Waals surface area contributed by atoms with Gasteiger partial charge in [-0.2, -0.15) is 13.2 Å². The molecule has 0 aliphatic heterocycles. The number of halogens is 3. The minimum absolute atomic E-state index is 0.362. The van der Waals surface area contributed by atoms with Gasteiger partial charge in [0.2, 0.25) is 5.88 Å². The van der Waals surface area contributed by atoms with Crippen LogP contribution in [-0.2, 0) is 4.79 Å². The predicted molar refractivity (Wildman–Crippen MR) is 53.6 cm³/mol. The number of alkyl halides is 3. The number of rotatable bonds is 3. The summed E-state index contributed by atoms with van der Waals surface area (Å²) in [7, 11) is 0. The first-order valence-electron chi connectivity index (χ1n) is 4.60. The van der Waals surface area contributed by atoms with Gasteiger partial charge in [-0.25, -0.2) is 4.79 Å². The molecule has 1 aromatic rings. The van der Waals surface area contributed by atoms with Crippen molar-refractivity contribution in [1.29, 1.82) is 0 Å². The van der Waals surface area contributed by atoms with Gasteiger partial charge in [0.1, 0.15) is 16.9 Å². The van der Waals surface area contributed by atoms with Crippen molar-refractivity contribution in [2.45, 2.75) is 13.1 Å². The standard InChI is InChI=1S/C9H7F3N2O5/c1-2-3(7(16)17)4(5(13)15)6(19-2)14-8(18)9(10,11)12/h1H3,(H2,13,15)(H,14,18)(H,16,17). The average molecular weight is 280 g/mol. The Morgan fingerprint density at radius 1 is 1.26 bits per heavy atom. The number of carboxylic acids is 1. The third-order valence-electron chi connectivity index (χ3n) is 2.03. The fourth-order valence-corrected chi connectivity index (χ4v) is 1.30. The second kappa shape index (κ2) is 4.63. The van der Waals surface area contributed by atoms with Gasteiger partial charge in [0, 0.05) is 0 Å². The van der Waals surface area contributed by atoms with Gasteiger partial charge in [0.25, 0.3) is 5.91 Å². The van der Waals surface area contributed by atoms with Crippen LogP contribution < -0.4 is 11.1 Å². The van der Waals surface area contributed by atoms with Gasteiger partial charge in [-0.15, -0.1) is 0 Å². The van der Waals surface area contributed by atoms with E-state index in [4.69, 9.17) is 10.8 Å². The van der Waals surface area contributed by atoms with Gasteiger partial charge in [-0.1, -0.05) is 0 Å². The Balaban J connectivity index is 3.30. The van der Waals surface area contributed by atoms with E-state index in [9.17, 15) is 27.6 Å². The number of aryl methyl sites for hydroxylation is 1. The second-order valence-electron chi connectivity index (χ2n) is 3.36. The smallest absolute Gasteiger partial charge is 0.471 e. The lowest BCUT2D eigenvalue weighted by atomic mass is 10.1. The maximum atomic E-state index is 12.0. The molecular formula is C9H7F3N2O5. The summed E-state index contributed by atoms with van der Waals surface area (Å²) in [5, 5.41) is 10.1. The minimum atomic E-state index is -5.22. The van der Waals surface area contributed by atoms with E-state index in [1.54, 1.807) is 0 Å². The van der Waals surface area contributed by atoms with Crippen molar-refractivity contribution in [3.63, 3.8) is 0 Å². The minimum Gasteiger partial charge on any atom is -0.478 e. The lowest BCUT2D eigenvalue weighted by Crippen LogP contribution is -2.30. The van der Waals surface area contributed by atoms with E-state index in [1.165, 1.54) is 5.32 Å². The van der Waals surface area contributed by atoms with Crippen LogP contribution in [0.1, 0.15) is 26.5 Å². The molecule has 1 heterocycles. The Morgan fingerprint density at radius 2 is 1.79 bits per heavy atom. The molecule has 0 spiro atoms. The van der Waals surface area contributed by atoms with Gasteiger partial charge >= 0.3 is 18.1 Å². The SMILES string of the molecule is Cc1oc(NC(=O)C(F)(F)F)c(C(N)=O)c1C(=O)O. The summed E-state index contributed by atoms with van der Waals surface area (Å²) in [6.07, 6.45) is -5.22. The molecule has 0 unspecified atom stereocenters. The molecule has 104 valence electrons. The van der Waals surface area contributed by atoms with Crippen molar-refractivity contribution >= 4 is 23.7 Å². The molecule has 4 N–H and O–H groups in total. The maximum absolute atomic E-state index is 12.0. The zero-order valence-corrected chi connectivity index (χ0v) is 9.29. The summed E-state index contributed by atoms with van der Waals surface area (Å²) >= 11 is 0. The van der Waals surface area contributed by atoms with Crippen molar-refractivity contribution in [1.82, 2.24) is 0 Å². The van der Waals surface area contributed by atoms with E-state index in [1.807, 2.05) is 0 Å². The van der Waals surface area contributed by atoms with Crippen LogP contribution in [0, 0.1) is 6.92 Å². The highest BCUT2D eigenvalue weighted by molar-refractivity contribution is 6.10. The topological polar surface area (TPSA) is 123 Å². The number of nitrogens with two attached hydrogens (primary N) is 1. The molecule has 7 nitrogen and oxygen atoms in total. The summed E-state index contributed by atoms with van der Waals surface area (Å²) in [5.74, 6) is -6.70. The first-order chi connectivity index (χ1) is 8.55. The Kier molecular flexibility index (Phi) is 3.54. The van der Waals surface area contributed by atoms with Crippen LogP contribution in [0.15, 0.2) is 4.42 Å². The van der Waals surface area contributed by atoms with Crippen molar-refractivity contribution in [3.05, 3.63) is 16.9 Å². The lowest BCUT2D eigenvalue weighted by Gasteiger charge is -2.06. The number of furan rings is 1. The highest BCUT2D eigenvalue weighted by atomic mass is 19.4. The van der Waals surface area contributed by atoms with Crippen LogP contribution in [0.2, 0.25) is 0 Å². The second-order valence-corrected chi connectivity index (χ2v) is 3.36. The van der Waals surface area contributed by atoms with E-state index in [0.717, 1.165) is 6.92 Å². The number of hydrogen-bond acceptors (Lipinski definition) is 4. The molecular weight excluding hydrogens is 273 g/mol. The molecule has 2 amide bonds. The molecule has 1 aromatic heterocycles. The van der Waals surface area contributed by atoms with Crippen molar-refractivity contribution in [3.8, 4) is 0 Å². The Morgan fingerprint density at radius 3 is 2.16 bits per heavy atom. The molecule has 0 fully saturated rings. The molecule has 0 saturated heterocycles. The first-order valence-corrected chi connectivity index (χ1v) is 4.60. The third-order valence-corrected chi connectivity index (χ3v) is 2.03. The highest BCUT2D eigenvalue weighted by Crippen LogP contribution is 2.28. The van der Waals surface area contributed by atoms with Gasteiger partial charge in [-0.05, 0) is 6.92 Å². The number of nitrogens with one attached hydrogen (secondary N) is 1. The Labute approximate surface area is 103 Å². The number of carbonyl (C=O) groups excluding carboxylic acids is 2. The van der Waals surface area contributed by atoms with Gasteiger partial charge in [0.15, 0.2) is 0 Å². The van der Waals surface area contributed by atoms with Crippen LogP contribution in [0.5, 0.6) is 0 Å². The van der Waals surface area contributed by atoms with E-state index < -0.39 is 41.0 Å². The van der Waals surface area contributed by atoms with Crippen LogP contribution in [0.4, 0.5) is 19.1 Å².